The zero-order chi connectivity index (χ0) is 26.6. The van der Waals surface area contributed by atoms with E-state index in [0.717, 1.165) is 6.54 Å². The minimum absolute atomic E-state index is 0.223. The summed E-state index contributed by atoms with van der Waals surface area (Å²) in [4.78, 5) is 27.8. The molecule has 1 aliphatic rings. The maximum Gasteiger partial charge on any atom is 0.261 e. The smallest absolute Gasteiger partial charge is 0.261 e. The quantitative estimate of drug-likeness (QED) is 0.143. The molecule has 210 valence electrons. The molecule has 0 aliphatic carbocycles. The van der Waals surface area contributed by atoms with Crippen LogP contribution in [-0.2, 0) is 33.2 Å². The first-order valence-corrected chi connectivity index (χ1v) is 12.8. The predicted octanol–water partition coefficient (Wildman–Crippen LogP) is 0.960. The standard InChI is InChI=1S/C26H42N2O9/c1-27(2)7-9-31-11-13-33-15-17-35-19-21-37-22-20-36-18-16-34-14-12-32-10-8-28-25(29)23-5-3-4-6-24(23)26(28)30/h3-6H,7-22H2,1-2H3. The Balaban J connectivity index is 1.25. The third-order valence-electron chi connectivity index (χ3n) is 5.25. The number of hydrogen-bond acceptors (Lipinski definition) is 10. The van der Waals surface area contributed by atoms with Gasteiger partial charge in [0.15, 0.2) is 0 Å². The fourth-order valence-electron chi connectivity index (χ4n) is 3.27. The molecule has 0 atom stereocenters. The number of fused-ring (bicyclic) bond motifs is 1. The van der Waals surface area contributed by atoms with Gasteiger partial charge in [0.25, 0.3) is 11.8 Å². The van der Waals surface area contributed by atoms with Gasteiger partial charge in [-0.2, -0.15) is 0 Å². The SMILES string of the molecule is CN(C)CCOCCOCCOCCOCCOCCOCCOCCN1C(=O)c2ccccc2C1=O. The van der Waals surface area contributed by atoms with Gasteiger partial charge in [0.2, 0.25) is 0 Å². The highest BCUT2D eigenvalue weighted by Gasteiger charge is 2.34. The van der Waals surface area contributed by atoms with Gasteiger partial charge < -0.3 is 38.1 Å². The summed E-state index contributed by atoms with van der Waals surface area (Å²) < 4.78 is 38.1. The van der Waals surface area contributed by atoms with Crippen LogP contribution in [0.2, 0.25) is 0 Å². The maximum absolute atomic E-state index is 12.3. The Morgan fingerprint density at radius 2 is 0.865 bits per heavy atom. The molecule has 1 heterocycles. The molecule has 1 aliphatic heterocycles. The lowest BCUT2D eigenvalue weighted by molar-refractivity contribution is -0.0210. The summed E-state index contributed by atoms with van der Waals surface area (Å²) >= 11 is 0. The number of hydrogen-bond donors (Lipinski definition) is 0. The minimum Gasteiger partial charge on any atom is -0.378 e. The Morgan fingerprint density at radius 3 is 1.22 bits per heavy atom. The van der Waals surface area contributed by atoms with Gasteiger partial charge in [0, 0.05) is 6.54 Å². The number of carbonyl (C=O) groups excluding carboxylic acids is 2. The van der Waals surface area contributed by atoms with Crippen LogP contribution in [-0.4, -0.2) is 141 Å². The molecule has 11 nitrogen and oxygen atoms in total. The molecule has 0 radical (unpaired) electrons. The van der Waals surface area contributed by atoms with E-state index in [1.165, 1.54) is 4.90 Å². The number of rotatable bonds is 24. The summed E-state index contributed by atoms with van der Waals surface area (Å²) in [5, 5.41) is 0. The van der Waals surface area contributed by atoms with Gasteiger partial charge in [-0.05, 0) is 26.2 Å². The van der Waals surface area contributed by atoms with E-state index >= 15 is 0 Å². The van der Waals surface area contributed by atoms with E-state index in [1.54, 1.807) is 24.3 Å². The van der Waals surface area contributed by atoms with Crippen LogP contribution in [0.4, 0.5) is 0 Å². The topological polar surface area (TPSA) is 105 Å². The van der Waals surface area contributed by atoms with E-state index in [9.17, 15) is 9.59 Å². The Labute approximate surface area is 219 Å². The van der Waals surface area contributed by atoms with Gasteiger partial charge in [0.1, 0.15) is 0 Å². The normalized spacial score (nSPS) is 13.2. The van der Waals surface area contributed by atoms with Crippen LogP contribution >= 0.6 is 0 Å². The van der Waals surface area contributed by atoms with Crippen molar-refractivity contribution in [2.24, 2.45) is 0 Å². The summed E-state index contributed by atoms with van der Waals surface area (Å²) in [6, 6.07) is 6.83. The number of benzene rings is 1. The second kappa shape index (κ2) is 20.1. The van der Waals surface area contributed by atoms with E-state index in [4.69, 9.17) is 33.2 Å². The molecule has 2 rings (SSSR count). The molecule has 0 unspecified atom stereocenters. The molecule has 0 saturated heterocycles. The highest BCUT2D eigenvalue weighted by atomic mass is 16.6. The average molecular weight is 527 g/mol. The fourth-order valence-corrected chi connectivity index (χ4v) is 3.27. The molecule has 0 bridgehead atoms. The van der Waals surface area contributed by atoms with E-state index in [1.807, 2.05) is 14.1 Å². The highest BCUT2D eigenvalue weighted by molar-refractivity contribution is 6.21. The fraction of sp³-hybridized carbons (Fsp3) is 0.692. The van der Waals surface area contributed by atoms with Crippen molar-refractivity contribution in [1.29, 1.82) is 0 Å². The summed E-state index contributed by atoms with van der Waals surface area (Å²) in [6.07, 6.45) is 0. The second-order valence-corrected chi connectivity index (χ2v) is 8.40. The van der Waals surface area contributed by atoms with E-state index < -0.39 is 0 Å². The minimum atomic E-state index is -0.271. The van der Waals surface area contributed by atoms with E-state index in [-0.39, 0.29) is 25.0 Å². The number of imide groups is 1. The zero-order valence-corrected chi connectivity index (χ0v) is 22.2. The summed E-state index contributed by atoms with van der Waals surface area (Å²) in [7, 11) is 4.03. The van der Waals surface area contributed by atoms with Gasteiger partial charge >= 0.3 is 0 Å². The second-order valence-electron chi connectivity index (χ2n) is 8.40. The third kappa shape index (κ3) is 13.4. The molecular formula is C26H42N2O9. The molecule has 2 amide bonds. The average Bonchev–Trinajstić information content (AvgIpc) is 3.13. The summed E-state index contributed by atoms with van der Waals surface area (Å²) in [5.74, 6) is -0.542. The molecule has 1 aromatic carbocycles. The first-order chi connectivity index (χ1) is 18.1. The van der Waals surface area contributed by atoms with Crippen molar-refractivity contribution < 1.29 is 42.7 Å². The number of ether oxygens (including phenoxy) is 7. The van der Waals surface area contributed by atoms with Crippen LogP contribution in [0.3, 0.4) is 0 Å². The van der Waals surface area contributed by atoms with Crippen LogP contribution in [0.1, 0.15) is 20.7 Å². The molecule has 0 spiro atoms. The van der Waals surface area contributed by atoms with Crippen molar-refractivity contribution in [1.82, 2.24) is 9.80 Å². The lowest BCUT2D eigenvalue weighted by atomic mass is 10.1. The van der Waals surface area contributed by atoms with Crippen molar-refractivity contribution in [3.63, 3.8) is 0 Å². The van der Waals surface area contributed by atoms with Crippen LogP contribution in [0.15, 0.2) is 24.3 Å². The van der Waals surface area contributed by atoms with Gasteiger partial charge in [-0.3, -0.25) is 14.5 Å². The van der Waals surface area contributed by atoms with Crippen molar-refractivity contribution in [2.75, 3.05) is 120 Å². The van der Waals surface area contributed by atoms with Crippen LogP contribution in [0.25, 0.3) is 0 Å². The lowest BCUT2D eigenvalue weighted by Gasteiger charge is -2.13. The number of likely N-dealkylation sites (N-methyl/N-ethyl adjacent to an activating group) is 1. The van der Waals surface area contributed by atoms with Crippen molar-refractivity contribution in [3.05, 3.63) is 35.4 Å². The number of amides is 2. The van der Waals surface area contributed by atoms with E-state index in [2.05, 4.69) is 4.90 Å². The number of nitrogens with zero attached hydrogens (tertiary/aromatic N) is 2. The van der Waals surface area contributed by atoms with Gasteiger partial charge in [-0.1, -0.05) is 12.1 Å². The molecule has 0 fully saturated rings. The Bertz CT molecular complexity index is 728. The molecule has 37 heavy (non-hydrogen) atoms. The third-order valence-corrected chi connectivity index (χ3v) is 5.25. The van der Waals surface area contributed by atoms with Gasteiger partial charge in [0.05, 0.1) is 110 Å². The van der Waals surface area contributed by atoms with Crippen LogP contribution < -0.4 is 0 Å². The largest absolute Gasteiger partial charge is 0.378 e. The Morgan fingerprint density at radius 1 is 0.541 bits per heavy atom. The highest BCUT2D eigenvalue weighted by Crippen LogP contribution is 2.21. The first kappa shape index (κ1) is 31.3. The molecular weight excluding hydrogens is 484 g/mol. The van der Waals surface area contributed by atoms with Crippen LogP contribution in [0.5, 0.6) is 0 Å². The van der Waals surface area contributed by atoms with Crippen molar-refractivity contribution in [3.8, 4) is 0 Å². The Kier molecular flexibility index (Phi) is 16.9. The van der Waals surface area contributed by atoms with Gasteiger partial charge in [-0.15, -0.1) is 0 Å². The zero-order valence-electron chi connectivity index (χ0n) is 22.2. The van der Waals surface area contributed by atoms with Crippen LogP contribution in [0, 0.1) is 0 Å². The maximum atomic E-state index is 12.3. The molecule has 1 aromatic rings. The summed E-state index contributed by atoms with van der Waals surface area (Å²) in [5.41, 5.74) is 0.896. The molecule has 11 heteroatoms. The number of carbonyl (C=O) groups is 2. The molecule has 0 N–H and O–H groups in total. The van der Waals surface area contributed by atoms with Crippen molar-refractivity contribution in [2.45, 2.75) is 0 Å². The predicted molar refractivity (Wildman–Crippen MR) is 136 cm³/mol. The first-order valence-electron chi connectivity index (χ1n) is 12.8. The van der Waals surface area contributed by atoms with E-state index in [0.29, 0.717) is 97.0 Å². The monoisotopic (exact) mass is 526 g/mol. The van der Waals surface area contributed by atoms with Crippen molar-refractivity contribution >= 4 is 11.8 Å². The lowest BCUT2D eigenvalue weighted by Crippen LogP contribution is -2.33. The van der Waals surface area contributed by atoms with Gasteiger partial charge in [-0.25, -0.2) is 0 Å². The Hall–Kier alpha value is -1.96. The molecule has 0 aromatic heterocycles. The summed E-state index contributed by atoms with van der Waals surface area (Å²) in [6.45, 7) is 8.03. The molecule has 0 saturated carbocycles.